The van der Waals surface area contributed by atoms with E-state index in [0.29, 0.717) is 17.2 Å². The van der Waals surface area contributed by atoms with Gasteiger partial charge < -0.3 is 14.0 Å². The molecule has 0 spiro atoms. The van der Waals surface area contributed by atoms with E-state index in [0.717, 1.165) is 5.56 Å². The third-order valence-corrected chi connectivity index (χ3v) is 2.19. The number of methoxy groups -OCH3 is 2. The van der Waals surface area contributed by atoms with Gasteiger partial charge in [0.15, 0.2) is 0 Å². The zero-order chi connectivity index (χ0) is 11.5. The van der Waals surface area contributed by atoms with Crippen molar-refractivity contribution < 1.29 is 14.0 Å². The van der Waals surface area contributed by atoms with Gasteiger partial charge in [-0.2, -0.15) is 0 Å². The fraction of sp³-hybridized carbons (Fsp3) is 0.182. The summed E-state index contributed by atoms with van der Waals surface area (Å²) in [5, 5.41) is 2.53. The van der Waals surface area contributed by atoms with Crippen molar-refractivity contribution in [2.24, 2.45) is 0 Å². The van der Waals surface area contributed by atoms with Gasteiger partial charge in [0.25, 0.3) is 0 Å². The van der Waals surface area contributed by atoms with Crippen LogP contribution in [-0.2, 0) is 0 Å². The number of H-pyrrole nitrogens is 1. The monoisotopic (exact) mass is 221 g/mol. The Labute approximate surface area is 91.6 Å². The van der Waals surface area contributed by atoms with Crippen LogP contribution in [0.3, 0.4) is 0 Å². The highest BCUT2D eigenvalue weighted by Crippen LogP contribution is 2.27. The average Bonchev–Trinajstić information content (AvgIpc) is 2.75. The number of ether oxygens (including phenoxy) is 2. The second kappa shape index (κ2) is 4.14. The molecule has 1 aromatic heterocycles. The normalized spacial score (nSPS) is 10.1. The first kappa shape index (κ1) is 10.4. The predicted molar refractivity (Wildman–Crippen MR) is 57.9 cm³/mol. The van der Waals surface area contributed by atoms with Crippen LogP contribution in [0.4, 0.5) is 0 Å². The lowest BCUT2D eigenvalue weighted by molar-refractivity contribution is 0.391. The molecule has 0 saturated heterocycles. The molecule has 0 saturated carbocycles. The Balaban J connectivity index is 2.51. The molecule has 2 aromatic rings. The summed E-state index contributed by atoms with van der Waals surface area (Å²) in [4.78, 5) is 10.9. The van der Waals surface area contributed by atoms with E-state index in [9.17, 15) is 4.79 Å². The Bertz CT molecular complexity index is 519. The van der Waals surface area contributed by atoms with E-state index in [1.165, 1.54) is 6.07 Å². The fourth-order valence-corrected chi connectivity index (χ4v) is 1.39. The molecule has 0 unspecified atom stereocenters. The van der Waals surface area contributed by atoms with Crippen LogP contribution in [0.5, 0.6) is 11.5 Å². The standard InChI is InChI=1S/C11H11NO4/c1-14-8-3-7(4-9(5-8)15-2)10-6-11(13)16-12-10/h3-6,12H,1-2H3. The summed E-state index contributed by atoms with van der Waals surface area (Å²) in [6.45, 7) is 0. The summed E-state index contributed by atoms with van der Waals surface area (Å²) in [5.74, 6) is 1.30. The van der Waals surface area contributed by atoms with Gasteiger partial charge in [0.2, 0.25) is 0 Å². The largest absolute Gasteiger partial charge is 0.497 e. The van der Waals surface area contributed by atoms with E-state index >= 15 is 0 Å². The zero-order valence-corrected chi connectivity index (χ0v) is 8.94. The molecule has 0 aliphatic heterocycles. The van der Waals surface area contributed by atoms with E-state index in [-0.39, 0.29) is 0 Å². The summed E-state index contributed by atoms with van der Waals surface area (Å²) < 4.78 is 14.8. The number of hydrogen-bond acceptors (Lipinski definition) is 4. The van der Waals surface area contributed by atoms with Gasteiger partial charge in [0, 0.05) is 11.6 Å². The second-order valence-electron chi connectivity index (χ2n) is 3.18. The zero-order valence-electron chi connectivity index (χ0n) is 8.94. The maximum atomic E-state index is 10.9. The predicted octanol–water partition coefficient (Wildman–Crippen LogP) is 1.65. The molecule has 0 radical (unpaired) electrons. The third-order valence-electron chi connectivity index (χ3n) is 2.19. The van der Waals surface area contributed by atoms with Gasteiger partial charge in [0.1, 0.15) is 11.5 Å². The highest BCUT2D eigenvalue weighted by molar-refractivity contribution is 5.63. The van der Waals surface area contributed by atoms with Gasteiger partial charge >= 0.3 is 5.63 Å². The summed E-state index contributed by atoms with van der Waals surface area (Å²) >= 11 is 0. The van der Waals surface area contributed by atoms with Gasteiger partial charge in [-0.15, -0.1) is 0 Å². The molecule has 1 heterocycles. The Morgan fingerprint density at radius 3 is 2.12 bits per heavy atom. The first-order valence-electron chi connectivity index (χ1n) is 4.65. The quantitative estimate of drug-likeness (QED) is 0.855. The lowest BCUT2D eigenvalue weighted by Gasteiger charge is -2.06. The van der Waals surface area contributed by atoms with Gasteiger partial charge in [-0.3, -0.25) is 0 Å². The SMILES string of the molecule is COc1cc(OC)cc(-c2cc(=O)o[nH]2)c1. The molecule has 5 heteroatoms. The highest BCUT2D eigenvalue weighted by Gasteiger charge is 2.06. The molecule has 0 aliphatic carbocycles. The first-order chi connectivity index (χ1) is 7.72. The van der Waals surface area contributed by atoms with Crippen molar-refractivity contribution in [3.63, 3.8) is 0 Å². The van der Waals surface area contributed by atoms with E-state index in [1.54, 1.807) is 32.4 Å². The van der Waals surface area contributed by atoms with Gasteiger partial charge in [0.05, 0.1) is 26.0 Å². The number of benzene rings is 1. The van der Waals surface area contributed by atoms with E-state index < -0.39 is 5.63 Å². The number of nitrogens with one attached hydrogen (secondary N) is 1. The van der Waals surface area contributed by atoms with Crippen LogP contribution in [0.15, 0.2) is 33.6 Å². The maximum absolute atomic E-state index is 10.9. The first-order valence-corrected chi connectivity index (χ1v) is 4.65. The van der Waals surface area contributed by atoms with E-state index in [4.69, 9.17) is 9.47 Å². The van der Waals surface area contributed by atoms with Crippen molar-refractivity contribution in [2.75, 3.05) is 14.2 Å². The molecule has 0 amide bonds. The lowest BCUT2D eigenvalue weighted by atomic mass is 10.1. The fourth-order valence-electron chi connectivity index (χ4n) is 1.39. The molecule has 0 atom stereocenters. The van der Waals surface area contributed by atoms with Crippen LogP contribution in [0.1, 0.15) is 0 Å². The Morgan fingerprint density at radius 1 is 1.06 bits per heavy atom. The van der Waals surface area contributed by atoms with Crippen molar-refractivity contribution in [3.05, 3.63) is 34.7 Å². The summed E-state index contributed by atoms with van der Waals surface area (Å²) in [6.07, 6.45) is 0. The molecular weight excluding hydrogens is 210 g/mol. The smallest absolute Gasteiger partial charge is 0.357 e. The maximum Gasteiger partial charge on any atom is 0.357 e. The van der Waals surface area contributed by atoms with Crippen molar-refractivity contribution in [2.45, 2.75) is 0 Å². The highest BCUT2D eigenvalue weighted by atomic mass is 16.5. The molecule has 2 rings (SSSR count). The molecule has 1 N–H and O–H groups in total. The van der Waals surface area contributed by atoms with Crippen LogP contribution in [0.25, 0.3) is 11.3 Å². The van der Waals surface area contributed by atoms with Crippen LogP contribution in [0, 0.1) is 0 Å². The Hall–Kier alpha value is -2.17. The van der Waals surface area contributed by atoms with Crippen molar-refractivity contribution in [1.82, 2.24) is 5.16 Å². The van der Waals surface area contributed by atoms with Gasteiger partial charge in [-0.25, -0.2) is 9.95 Å². The lowest BCUT2D eigenvalue weighted by Crippen LogP contribution is -1.89. The minimum absolute atomic E-state index is 0.420. The minimum Gasteiger partial charge on any atom is -0.497 e. The Kier molecular flexibility index (Phi) is 2.68. The average molecular weight is 221 g/mol. The number of aromatic amines is 1. The van der Waals surface area contributed by atoms with E-state index in [2.05, 4.69) is 9.68 Å². The number of aromatic nitrogens is 1. The number of hydrogen-bond donors (Lipinski definition) is 1. The van der Waals surface area contributed by atoms with Crippen LogP contribution >= 0.6 is 0 Å². The number of rotatable bonds is 3. The van der Waals surface area contributed by atoms with Crippen LogP contribution in [-0.4, -0.2) is 19.4 Å². The van der Waals surface area contributed by atoms with Gasteiger partial charge in [-0.05, 0) is 12.1 Å². The molecule has 84 valence electrons. The van der Waals surface area contributed by atoms with E-state index in [1.807, 2.05) is 0 Å². The molecule has 1 aromatic carbocycles. The molecule has 0 bridgehead atoms. The minimum atomic E-state index is -0.420. The van der Waals surface area contributed by atoms with Crippen molar-refractivity contribution >= 4 is 0 Å². The van der Waals surface area contributed by atoms with Crippen LogP contribution in [0.2, 0.25) is 0 Å². The Morgan fingerprint density at radius 2 is 1.69 bits per heavy atom. The molecular formula is C11H11NO4. The summed E-state index contributed by atoms with van der Waals surface area (Å²) in [6, 6.07) is 6.68. The van der Waals surface area contributed by atoms with Crippen molar-refractivity contribution in [1.29, 1.82) is 0 Å². The second-order valence-corrected chi connectivity index (χ2v) is 3.18. The van der Waals surface area contributed by atoms with Crippen LogP contribution < -0.4 is 15.1 Å². The molecule has 0 fully saturated rings. The topological polar surface area (TPSA) is 64.5 Å². The molecule has 16 heavy (non-hydrogen) atoms. The summed E-state index contributed by atoms with van der Waals surface area (Å²) in [5.41, 5.74) is 0.932. The third kappa shape index (κ3) is 1.93. The van der Waals surface area contributed by atoms with Crippen molar-refractivity contribution in [3.8, 4) is 22.8 Å². The molecule has 0 aliphatic rings. The molecule has 5 nitrogen and oxygen atoms in total. The van der Waals surface area contributed by atoms with Gasteiger partial charge in [-0.1, -0.05) is 0 Å². The summed E-state index contributed by atoms with van der Waals surface area (Å²) in [7, 11) is 3.13.